The van der Waals surface area contributed by atoms with Gasteiger partial charge in [0.2, 0.25) is 0 Å². The lowest BCUT2D eigenvalue weighted by molar-refractivity contribution is 0.0536. The fourth-order valence-electron chi connectivity index (χ4n) is 1.70. The Kier molecular flexibility index (Phi) is 3.48. The Bertz CT molecular complexity index is 371. The molecule has 1 rings (SSSR count). The first kappa shape index (κ1) is 11.7. The minimum atomic E-state index is -0.181. The summed E-state index contributed by atoms with van der Waals surface area (Å²) in [4.78, 5) is 16.4. The molecule has 0 aromatic heterocycles. The van der Waals surface area contributed by atoms with Crippen LogP contribution >= 0.6 is 0 Å². The van der Waals surface area contributed by atoms with Gasteiger partial charge in [0.15, 0.2) is 0 Å². The normalized spacial score (nSPS) is 10.2. The molecule has 1 aromatic rings. The molecule has 0 radical (unpaired) electrons. The number of hydrogen-bond acceptors (Lipinski definition) is 2. The third-order valence-electron chi connectivity index (χ3n) is 2.79. The fraction of sp³-hybridized carbons (Fsp3) is 0.417. The molecule has 1 aromatic carbocycles. The molecule has 0 aliphatic rings. The molecule has 0 saturated heterocycles. The Morgan fingerprint density at radius 3 is 2.00 bits per heavy atom. The molecule has 1 amide bonds. The standard InChI is InChI=1S/C12H17NO2/c1-7-6-8(2)10(4)11(9(7)3)12(14)13-15-5/h6H,1-5H3,(H,13,14). The zero-order valence-corrected chi connectivity index (χ0v) is 9.89. The van der Waals surface area contributed by atoms with Gasteiger partial charge in [-0.15, -0.1) is 0 Å². The van der Waals surface area contributed by atoms with Crippen LogP contribution in [0.4, 0.5) is 0 Å². The van der Waals surface area contributed by atoms with E-state index in [1.165, 1.54) is 7.11 Å². The average Bonchev–Trinajstić information content (AvgIpc) is 2.16. The van der Waals surface area contributed by atoms with Gasteiger partial charge in [0.1, 0.15) is 0 Å². The van der Waals surface area contributed by atoms with Crippen LogP contribution in [0.25, 0.3) is 0 Å². The van der Waals surface area contributed by atoms with E-state index in [-0.39, 0.29) is 5.91 Å². The number of amides is 1. The van der Waals surface area contributed by atoms with Gasteiger partial charge >= 0.3 is 0 Å². The zero-order valence-electron chi connectivity index (χ0n) is 9.89. The molecule has 0 heterocycles. The maximum absolute atomic E-state index is 11.8. The van der Waals surface area contributed by atoms with Crippen LogP contribution in [0.5, 0.6) is 0 Å². The Hall–Kier alpha value is -1.35. The molecule has 0 spiro atoms. The van der Waals surface area contributed by atoms with E-state index in [4.69, 9.17) is 0 Å². The van der Waals surface area contributed by atoms with E-state index in [1.54, 1.807) is 0 Å². The lowest BCUT2D eigenvalue weighted by atomic mass is 9.94. The van der Waals surface area contributed by atoms with Crippen LogP contribution < -0.4 is 5.48 Å². The Morgan fingerprint density at radius 1 is 1.13 bits per heavy atom. The van der Waals surface area contributed by atoms with E-state index in [2.05, 4.69) is 16.4 Å². The van der Waals surface area contributed by atoms with Gasteiger partial charge in [-0.1, -0.05) is 6.07 Å². The number of nitrogens with one attached hydrogen (secondary N) is 1. The summed E-state index contributed by atoms with van der Waals surface area (Å²) in [6, 6.07) is 2.09. The van der Waals surface area contributed by atoms with Crippen LogP contribution in [0.15, 0.2) is 6.07 Å². The van der Waals surface area contributed by atoms with Gasteiger partial charge in [-0.3, -0.25) is 9.63 Å². The minimum absolute atomic E-state index is 0.181. The molecule has 0 aliphatic heterocycles. The molecule has 0 unspecified atom stereocenters. The molecule has 3 nitrogen and oxygen atoms in total. The third-order valence-corrected chi connectivity index (χ3v) is 2.79. The third kappa shape index (κ3) is 2.18. The maximum Gasteiger partial charge on any atom is 0.275 e. The van der Waals surface area contributed by atoms with Gasteiger partial charge < -0.3 is 0 Å². The van der Waals surface area contributed by atoms with E-state index in [0.717, 1.165) is 22.3 Å². The van der Waals surface area contributed by atoms with Crippen LogP contribution in [-0.4, -0.2) is 13.0 Å². The van der Waals surface area contributed by atoms with Crippen LogP contribution in [-0.2, 0) is 4.84 Å². The molecule has 0 bridgehead atoms. The number of benzene rings is 1. The summed E-state index contributed by atoms with van der Waals surface area (Å²) in [5.41, 5.74) is 7.34. The number of carbonyl (C=O) groups is 1. The van der Waals surface area contributed by atoms with Gasteiger partial charge in [0.05, 0.1) is 7.11 Å². The van der Waals surface area contributed by atoms with Crippen LogP contribution in [0.3, 0.4) is 0 Å². The van der Waals surface area contributed by atoms with Gasteiger partial charge in [-0.05, 0) is 49.9 Å². The molecule has 0 atom stereocenters. The van der Waals surface area contributed by atoms with E-state index in [1.807, 2.05) is 27.7 Å². The van der Waals surface area contributed by atoms with Gasteiger partial charge in [-0.25, -0.2) is 5.48 Å². The predicted molar refractivity (Wildman–Crippen MR) is 59.9 cm³/mol. The maximum atomic E-state index is 11.8. The predicted octanol–water partition coefficient (Wildman–Crippen LogP) is 2.21. The average molecular weight is 207 g/mol. The van der Waals surface area contributed by atoms with Crippen molar-refractivity contribution in [3.63, 3.8) is 0 Å². The Labute approximate surface area is 90.4 Å². The molecule has 0 fully saturated rings. The fourth-order valence-corrected chi connectivity index (χ4v) is 1.70. The Balaban J connectivity index is 3.32. The lowest BCUT2D eigenvalue weighted by Gasteiger charge is -2.14. The molecule has 15 heavy (non-hydrogen) atoms. The van der Waals surface area contributed by atoms with Crippen molar-refractivity contribution in [3.8, 4) is 0 Å². The second-order valence-electron chi connectivity index (χ2n) is 3.77. The summed E-state index contributed by atoms with van der Waals surface area (Å²) in [7, 11) is 1.44. The van der Waals surface area contributed by atoms with Crippen molar-refractivity contribution in [2.45, 2.75) is 27.7 Å². The van der Waals surface area contributed by atoms with Gasteiger partial charge in [0.25, 0.3) is 5.91 Å². The summed E-state index contributed by atoms with van der Waals surface area (Å²) in [5.74, 6) is -0.181. The summed E-state index contributed by atoms with van der Waals surface area (Å²) < 4.78 is 0. The van der Waals surface area contributed by atoms with Crippen LogP contribution in [0.1, 0.15) is 32.6 Å². The van der Waals surface area contributed by atoms with Gasteiger partial charge in [-0.2, -0.15) is 0 Å². The van der Waals surface area contributed by atoms with E-state index < -0.39 is 0 Å². The second-order valence-corrected chi connectivity index (χ2v) is 3.77. The van der Waals surface area contributed by atoms with E-state index in [0.29, 0.717) is 5.56 Å². The van der Waals surface area contributed by atoms with E-state index >= 15 is 0 Å². The number of hydroxylamine groups is 1. The molecule has 0 aliphatic carbocycles. The van der Waals surface area contributed by atoms with Crippen molar-refractivity contribution < 1.29 is 9.63 Å². The largest absolute Gasteiger partial charge is 0.277 e. The van der Waals surface area contributed by atoms with Crippen molar-refractivity contribution in [3.05, 3.63) is 33.9 Å². The van der Waals surface area contributed by atoms with Crippen LogP contribution in [0.2, 0.25) is 0 Å². The van der Waals surface area contributed by atoms with Crippen LogP contribution in [0, 0.1) is 27.7 Å². The lowest BCUT2D eigenvalue weighted by Crippen LogP contribution is -2.24. The summed E-state index contributed by atoms with van der Waals surface area (Å²) in [6.45, 7) is 7.91. The van der Waals surface area contributed by atoms with Crippen molar-refractivity contribution in [1.82, 2.24) is 5.48 Å². The minimum Gasteiger partial charge on any atom is -0.277 e. The van der Waals surface area contributed by atoms with E-state index in [9.17, 15) is 4.79 Å². The monoisotopic (exact) mass is 207 g/mol. The van der Waals surface area contributed by atoms with Crippen molar-refractivity contribution in [2.75, 3.05) is 7.11 Å². The number of hydrogen-bond donors (Lipinski definition) is 1. The quantitative estimate of drug-likeness (QED) is 0.755. The van der Waals surface area contributed by atoms with Crippen molar-refractivity contribution in [2.24, 2.45) is 0 Å². The second kappa shape index (κ2) is 4.45. The first-order valence-corrected chi connectivity index (χ1v) is 4.89. The van der Waals surface area contributed by atoms with Gasteiger partial charge in [0, 0.05) is 5.56 Å². The molecule has 82 valence electrons. The molecular formula is C12H17NO2. The topological polar surface area (TPSA) is 38.3 Å². The summed E-state index contributed by atoms with van der Waals surface area (Å²) in [6.07, 6.45) is 0. The summed E-state index contributed by atoms with van der Waals surface area (Å²) >= 11 is 0. The van der Waals surface area contributed by atoms with Crippen molar-refractivity contribution in [1.29, 1.82) is 0 Å². The highest BCUT2D eigenvalue weighted by Gasteiger charge is 2.15. The molecule has 1 N–H and O–H groups in total. The summed E-state index contributed by atoms with van der Waals surface area (Å²) in [5, 5.41) is 0. The first-order chi connectivity index (χ1) is 6.99. The molecule has 0 saturated carbocycles. The number of carbonyl (C=O) groups excluding carboxylic acids is 1. The highest BCUT2D eigenvalue weighted by atomic mass is 16.6. The molecule has 3 heteroatoms. The number of aryl methyl sites for hydroxylation is 2. The number of rotatable bonds is 2. The zero-order chi connectivity index (χ0) is 11.6. The smallest absolute Gasteiger partial charge is 0.275 e. The molecular weight excluding hydrogens is 190 g/mol. The first-order valence-electron chi connectivity index (χ1n) is 4.89. The Morgan fingerprint density at radius 2 is 1.60 bits per heavy atom. The highest BCUT2D eigenvalue weighted by Crippen LogP contribution is 2.21. The highest BCUT2D eigenvalue weighted by molar-refractivity contribution is 5.97. The SMILES string of the molecule is CONC(=O)c1c(C)c(C)cc(C)c1C. The van der Waals surface area contributed by atoms with Crippen molar-refractivity contribution >= 4 is 5.91 Å².